The summed E-state index contributed by atoms with van der Waals surface area (Å²) in [6.45, 7) is 12.0. The molecule has 1 fully saturated rings. The van der Waals surface area contributed by atoms with E-state index in [0.29, 0.717) is 6.42 Å². The predicted molar refractivity (Wildman–Crippen MR) is 89.7 cm³/mol. The van der Waals surface area contributed by atoms with Crippen molar-refractivity contribution in [3.8, 4) is 0 Å². The molecule has 1 rings (SSSR count). The molecule has 7 heteroatoms. The van der Waals surface area contributed by atoms with Gasteiger partial charge in [0, 0.05) is 6.92 Å². The number of ether oxygens (including phenoxy) is 1. The van der Waals surface area contributed by atoms with Crippen molar-refractivity contribution in [2.45, 2.75) is 83.7 Å². The summed E-state index contributed by atoms with van der Waals surface area (Å²) in [6, 6.07) is 0. The van der Waals surface area contributed by atoms with E-state index in [1.807, 2.05) is 0 Å². The fraction of sp³-hybridized carbons (Fsp3) is 0.812. The molecule has 0 unspecified atom stereocenters. The summed E-state index contributed by atoms with van der Waals surface area (Å²) in [5.74, 6) is -1.49. The van der Waals surface area contributed by atoms with Gasteiger partial charge < -0.3 is 14.7 Å². The first-order valence-corrected chi connectivity index (χ1v) is 11.0. The lowest BCUT2D eigenvalue weighted by Gasteiger charge is -2.42. The average molecular weight is 340 g/mol. The average Bonchev–Trinajstić information content (AvgIpc) is 2.39. The third-order valence-electron chi connectivity index (χ3n) is 4.78. The van der Waals surface area contributed by atoms with Gasteiger partial charge in [0.15, 0.2) is 8.32 Å². The Morgan fingerprint density at radius 2 is 1.65 bits per heavy atom. The van der Waals surface area contributed by atoms with Gasteiger partial charge in [0.25, 0.3) is 0 Å². The van der Waals surface area contributed by atoms with Crippen LogP contribution in [0.3, 0.4) is 0 Å². The highest BCUT2D eigenvalue weighted by Gasteiger charge is 2.43. The van der Waals surface area contributed by atoms with Crippen LogP contribution in [0, 0.1) is 0 Å². The Balaban J connectivity index is 2.86. The second-order valence-corrected chi connectivity index (χ2v) is 12.4. The van der Waals surface area contributed by atoms with Gasteiger partial charge in [-0.05, 0) is 37.4 Å². The second kappa shape index (κ2) is 7.51. The Kier molecular flexibility index (Phi) is 6.45. The van der Waals surface area contributed by atoms with E-state index in [1.165, 1.54) is 6.92 Å². The first-order chi connectivity index (χ1) is 10.5. The summed E-state index contributed by atoms with van der Waals surface area (Å²) in [5, 5.41) is 0.0656. The van der Waals surface area contributed by atoms with Gasteiger partial charge in [0.05, 0.1) is 6.10 Å². The molecule has 130 valence electrons. The number of nitrogens with zero attached hydrogens (tertiary/aromatic N) is 2. The molecule has 23 heavy (non-hydrogen) atoms. The van der Waals surface area contributed by atoms with Crippen LogP contribution in [0.25, 0.3) is 5.53 Å². The van der Waals surface area contributed by atoms with Crippen molar-refractivity contribution in [2.24, 2.45) is 0 Å². The molecule has 0 aliphatic heterocycles. The lowest BCUT2D eigenvalue weighted by Crippen LogP contribution is -2.49. The van der Waals surface area contributed by atoms with Gasteiger partial charge >= 0.3 is 11.7 Å². The third-order valence-corrected chi connectivity index (χ3v) is 9.28. The first kappa shape index (κ1) is 19.7. The predicted octanol–water partition coefficient (Wildman–Crippen LogP) is 3.12. The summed E-state index contributed by atoms with van der Waals surface area (Å²) in [4.78, 5) is 26.1. The SMILES string of the molecule is CC(=O)C(=[N+]=[N-])C(=O)O[C@@H]1CCCC[C@H]1O[Si](C)(C)C(C)(C)C. The molecular formula is C16H28N2O4Si. The van der Waals surface area contributed by atoms with E-state index in [0.717, 1.165) is 19.3 Å². The summed E-state index contributed by atoms with van der Waals surface area (Å²) in [5.41, 5.74) is 8.23. The number of esters is 1. The molecule has 0 amide bonds. The zero-order valence-corrected chi connectivity index (χ0v) is 16.0. The van der Waals surface area contributed by atoms with Crippen molar-refractivity contribution in [1.82, 2.24) is 0 Å². The highest BCUT2D eigenvalue weighted by Crippen LogP contribution is 2.39. The van der Waals surface area contributed by atoms with Crippen molar-refractivity contribution in [2.75, 3.05) is 0 Å². The highest BCUT2D eigenvalue weighted by molar-refractivity contribution is 6.74. The molecule has 0 heterocycles. The van der Waals surface area contributed by atoms with Crippen LogP contribution < -0.4 is 0 Å². The second-order valence-electron chi connectivity index (χ2n) is 7.65. The maximum absolute atomic E-state index is 12.0. The van der Waals surface area contributed by atoms with Crippen molar-refractivity contribution in [1.29, 1.82) is 0 Å². The van der Waals surface area contributed by atoms with E-state index in [2.05, 4.69) is 38.7 Å². The summed E-state index contributed by atoms with van der Waals surface area (Å²) in [6.07, 6.45) is 2.93. The number of Topliss-reactive ketones (excluding diaryl/α,β-unsaturated/α-hetero) is 1. The van der Waals surface area contributed by atoms with E-state index >= 15 is 0 Å². The van der Waals surface area contributed by atoms with Crippen LogP contribution in [0.5, 0.6) is 0 Å². The van der Waals surface area contributed by atoms with Crippen LogP contribution >= 0.6 is 0 Å². The normalized spacial score (nSPS) is 22.2. The van der Waals surface area contributed by atoms with Gasteiger partial charge in [-0.3, -0.25) is 4.79 Å². The molecule has 1 aliphatic rings. The molecule has 0 bridgehead atoms. The van der Waals surface area contributed by atoms with Crippen molar-refractivity contribution in [3.05, 3.63) is 5.53 Å². The lowest BCUT2D eigenvalue weighted by molar-refractivity contribution is -0.153. The third kappa shape index (κ3) is 5.09. The van der Waals surface area contributed by atoms with E-state index in [1.54, 1.807) is 0 Å². The molecule has 0 saturated heterocycles. The number of ketones is 1. The summed E-state index contributed by atoms with van der Waals surface area (Å²) >= 11 is 0. The van der Waals surface area contributed by atoms with Gasteiger partial charge in [0.2, 0.25) is 5.78 Å². The van der Waals surface area contributed by atoms with Crippen LogP contribution in [0.1, 0.15) is 53.4 Å². The Bertz CT molecular complexity index is 519. The zero-order valence-electron chi connectivity index (χ0n) is 15.0. The number of carbonyl (C=O) groups excluding carboxylic acids is 2. The fourth-order valence-electron chi connectivity index (χ4n) is 2.34. The molecule has 1 saturated carbocycles. The van der Waals surface area contributed by atoms with Gasteiger partial charge in [-0.15, -0.1) is 0 Å². The molecule has 0 spiro atoms. The van der Waals surface area contributed by atoms with Gasteiger partial charge in [-0.1, -0.05) is 27.2 Å². The number of hydrogen-bond acceptors (Lipinski definition) is 4. The number of carbonyl (C=O) groups is 2. The molecule has 6 nitrogen and oxygen atoms in total. The van der Waals surface area contributed by atoms with E-state index in [9.17, 15) is 9.59 Å². The maximum Gasteiger partial charge on any atom is 0.441 e. The van der Waals surface area contributed by atoms with Gasteiger partial charge in [-0.2, -0.15) is 4.79 Å². The van der Waals surface area contributed by atoms with Crippen molar-refractivity contribution < 1.29 is 23.5 Å². The minimum atomic E-state index is -1.98. The maximum atomic E-state index is 12.0. The summed E-state index contributed by atoms with van der Waals surface area (Å²) in [7, 11) is -1.98. The van der Waals surface area contributed by atoms with Crippen LogP contribution in [-0.4, -0.2) is 42.8 Å². The van der Waals surface area contributed by atoms with Crippen LogP contribution in [-0.2, 0) is 18.8 Å². The van der Waals surface area contributed by atoms with Crippen LogP contribution in [0.2, 0.25) is 18.1 Å². The minimum Gasteiger partial charge on any atom is -0.451 e. The standard InChI is InChI=1S/C16H28N2O4Si/c1-11(19)14(18-17)15(20)21-12-9-7-8-10-13(12)22-23(5,6)16(2,3)4/h12-13H,7-10H2,1-6H3/t12-,13-/m1/s1. The Morgan fingerprint density at radius 3 is 2.09 bits per heavy atom. The lowest BCUT2D eigenvalue weighted by atomic mass is 9.95. The van der Waals surface area contributed by atoms with Crippen LogP contribution in [0.4, 0.5) is 0 Å². The van der Waals surface area contributed by atoms with Crippen molar-refractivity contribution >= 4 is 25.8 Å². The van der Waals surface area contributed by atoms with E-state index in [-0.39, 0.29) is 11.1 Å². The largest absolute Gasteiger partial charge is 0.451 e. The van der Waals surface area contributed by atoms with E-state index in [4.69, 9.17) is 14.7 Å². The molecule has 0 N–H and O–H groups in total. The van der Waals surface area contributed by atoms with E-state index < -0.39 is 31.9 Å². The molecular weight excluding hydrogens is 312 g/mol. The Hall–Kier alpha value is -1.30. The summed E-state index contributed by atoms with van der Waals surface area (Å²) < 4.78 is 11.8. The number of hydrogen-bond donors (Lipinski definition) is 0. The first-order valence-electron chi connectivity index (χ1n) is 8.11. The monoisotopic (exact) mass is 340 g/mol. The molecule has 1 aliphatic carbocycles. The minimum absolute atomic E-state index is 0.0656. The van der Waals surface area contributed by atoms with Crippen molar-refractivity contribution in [3.63, 3.8) is 0 Å². The quantitative estimate of drug-likeness (QED) is 0.192. The number of rotatable bonds is 5. The molecule has 0 aromatic heterocycles. The Labute approximate surface area is 139 Å². The molecule has 2 atom stereocenters. The molecule has 0 radical (unpaired) electrons. The molecule has 0 aromatic carbocycles. The fourth-order valence-corrected chi connectivity index (χ4v) is 3.72. The van der Waals surface area contributed by atoms with Gasteiger partial charge in [0.1, 0.15) is 6.10 Å². The topological polar surface area (TPSA) is 89.0 Å². The molecule has 0 aromatic rings. The Morgan fingerprint density at radius 1 is 1.13 bits per heavy atom. The highest BCUT2D eigenvalue weighted by atomic mass is 28.4. The zero-order chi connectivity index (χ0) is 17.8. The van der Waals surface area contributed by atoms with Gasteiger partial charge in [-0.25, -0.2) is 4.79 Å². The van der Waals surface area contributed by atoms with Crippen LogP contribution in [0.15, 0.2) is 0 Å². The smallest absolute Gasteiger partial charge is 0.441 e.